The predicted molar refractivity (Wildman–Crippen MR) is 106 cm³/mol. The minimum Gasteiger partial charge on any atom is -0.497 e. The molecule has 0 aliphatic carbocycles. The van der Waals surface area contributed by atoms with E-state index in [4.69, 9.17) is 9.47 Å². The average Bonchev–Trinajstić information content (AvgIpc) is 2.76. The molecule has 0 saturated heterocycles. The Kier molecular flexibility index (Phi) is 6.49. The Balaban J connectivity index is 1.47. The maximum Gasteiger partial charge on any atom is 0.326 e. The zero-order chi connectivity index (χ0) is 20.8. The molecule has 0 spiro atoms. The van der Waals surface area contributed by atoms with Crippen molar-refractivity contribution < 1.29 is 23.9 Å². The smallest absolute Gasteiger partial charge is 0.326 e. The molecular weight excluding hydrogens is 372 g/mol. The third-order valence-corrected chi connectivity index (χ3v) is 4.84. The molecule has 29 heavy (non-hydrogen) atoms. The zero-order valence-corrected chi connectivity index (χ0v) is 16.5. The summed E-state index contributed by atoms with van der Waals surface area (Å²) in [5.74, 6) is -0.677. The van der Waals surface area contributed by atoms with E-state index in [0.717, 1.165) is 12.0 Å². The molecule has 1 aliphatic heterocycles. The standard InChI is InChI=1S/C22H24N2O5/c1-15(22(27)24-12-11-16-5-3-4-6-18(16)14-24)29-20(25)13-23-21(26)17-7-9-19(28-2)10-8-17/h3-10,15H,11-14H2,1-2H3,(H,23,26)/t15-/m0/s1. The molecule has 2 amide bonds. The van der Waals surface area contributed by atoms with Crippen LogP contribution in [-0.4, -0.2) is 49.0 Å². The van der Waals surface area contributed by atoms with E-state index in [2.05, 4.69) is 11.4 Å². The van der Waals surface area contributed by atoms with Crippen LogP contribution in [0.4, 0.5) is 0 Å². The molecule has 7 nitrogen and oxygen atoms in total. The van der Waals surface area contributed by atoms with Gasteiger partial charge in [-0.3, -0.25) is 14.4 Å². The molecule has 2 aromatic rings. The Morgan fingerprint density at radius 2 is 1.76 bits per heavy atom. The minimum absolute atomic E-state index is 0.241. The van der Waals surface area contributed by atoms with Gasteiger partial charge in [-0.05, 0) is 48.7 Å². The highest BCUT2D eigenvalue weighted by atomic mass is 16.5. The number of rotatable bonds is 6. The largest absolute Gasteiger partial charge is 0.497 e. The molecule has 7 heteroatoms. The number of ether oxygens (including phenoxy) is 2. The van der Waals surface area contributed by atoms with Crippen LogP contribution in [0.15, 0.2) is 48.5 Å². The summed E-state index contributed by atoms with van der Waals surface area (Å²) in [6, 6.07) is 14.5. The summed E-state index contributed by atoms with van der Waals surface area (Å²) in [4.78, 5) is 38.4. The summed E-state index contributed by atoms with van der Waals surface area (Å²) in [6.07, 6.45) is -0.133. The average molecular weight is 396 g/mol. The fraction of sp³-hybridized carbons (Fsp3) is 0.318. The van der Waals surface area contributed by atoms with Crippen LogP contribution >= 0.6 is 0 Å². The molecule has 2 aromatic carbocycles. The molecule has 3 rings (SSSR count). The quantitative estimate of drug-likeness (QED) is 0.755. The van der Waals surface area contributed by atoms with Crippen LogP contribution in [0, 0.1) is 0 Å². The predicted octanol–water partition coefficient (Wildman–Crippen LogP) is 1.94. The molecule has 1 atom stereocenters. The lowest BCUT2D eigenvalue weighted by Gasteiger charge is -2.30. The summed E-state index contributed by atoms with van der Waals surface area (Å²) < 4.78 is 10.3. The van der Waals surface area contributed by atoms with Crippen molar-refractivity contribution in [2.75, 3.05) is 20.2 Å². The van der Waals surface area contributed by atoms with Gasteiger partial charge < -0.3 is 19.7 Å². The maximum absolute atomic E-state index is 12.6. The fourth-order valence-corrected chi connectivity index (χ4v) is 3.23. The van der Waals surface area contributed by atoms with Crippen molar-refractivity contribution in [3.8, 4) is 5.75 Å². The van der Waals surface area contributed by atoms with E-state index in [1.807, 2.05) is 18.2 Å². The third-order valence-electron chi connectivity index (χ3n) is 4.84. The van der Waals surface area contributed by atoms with Crippen LogP contribution in [0.2, 0.25) is 0 Å². The van der Waals surface area contributed by atoms with E-state index in [-0.39, 0.29) is 12.5 Å². The number of nitrogens with zero attached hydrogens (tertiary/aromatic N) is 1. The van der Waals surface area contributed by atoms with Gasteiger partial charge in [0.25, 0.3) is 11.8 Å². The minimum atomic E-state index is -0.911. The summed E-state index contributed by atoms with van der Waals surface area (Å²) in [6.45, 7) is 2.33. The zero-order valence-electron chi connectivity index (χ0n) is 16.5. The second-order valence-corrected chi connectivity index (χ2v) is 6.82. The van der Waals surface area contributed by atoms with E-state index in [9.17, 15) is 14.4 Å². The summed E-state index contributed by atoms with van der Waals surface area (Å²) in [7, 11) is 1.54. The number of methoxy groups -OCH3 is 1. The Morgan fingerprint density at radius 1 is 1.07 bits per heavy atom. The highest BCUT2D eigenvalue weighted by Crippen LogP contribution is 2.19. The number of amides is 2. The molecule has 0 unspecified atom stereocenters. The van der Waals surface area contributed by atoms with E-state index >= 15 is 0 Å². The summed E-state index contributed by atoms with van der Waals surface area (Å²) in [5, 5.41) is 2.49. The molecular formula is C22H24N2O5. The van der Waals surface area contributed by atoms with Gasteiger partial charge in [0.05, 0.1) is 7.11 Å². The lowest BCUT2D eigenvalue weighted by molar-refractivity contribution is -0.158. The first-order valence-corrected chi connectivity index (χ1v) is 9.45. The van der Waals surface area contributed by atoms with E-state index in [0.29, 0.717) is 24.4 Å². The van der Waals surface area contributed by atoms with Crippen molar-refractivity contribution in [2.45, 2.75) is 26.0 Å². The van der Waals surface area contributed by atoms with Crippen molar-refractivity contribution in [1.82, 2.24) is 10.2 Å². The number of esters is 1. The van der Waals surface area contributed by atoms with Crippen molar-refractivity contribution in [2.24, 2.45) is 0 Å². The van der Waals surface area contributed by atoms with Gasteiger partial charge >= 0.3 is 5.97 Å². The Bertz CT molecular complexity index is 894. The molecule has 152 valence electrons. The van der Waals surface area contributed by atoms with Gasteiger partial charge in [-0.25, -0.2) is 0 Å². The molecule has 1 aliphatic rings. The van der Waals surface area contributed by atoms with Gasteiger partial charge in [0, 0.05) is 18.7 Å². The Morgan fingerprint density at radius 3 is 2.45 bits per heavy atom. The van der Waals surface area contributed by atoms with Gasteiger partial charge in [0.1, 0.15) is 12.3 Å². The molecule has 0 saturated carbocycles. The van der Waals surface area contributed by atoms with Gasteiger partial charge in [-0.15, -0.1) is 0 Å². The van der Waals surface area contributed by atoms with Crippen molar-refractivity contribution in [3.05, 3.63) is 65.2 Å². The monoisotopic (exact) mass is 396 g/mol. The number of carbonyl (C=O) groups is 3. The highest BCUT2D eigenvalue weighted by molar-refractivity contribution is 5.96. The topological polar surface area (TPSA) is 84.9 Å². The van der Waals surface area contributed by atoms with Crippen molar-refractivity contribution in [3.63, 3.8) is 0 Å². The maximum atomic E-state index is 12.6. The van der Waals surface area contributed by atoms with Crippen LogP contribution in [-0.2, 0) is 27.3 Å². The molecule has 0 bridgehead atoms. The van der Waals surface area contributed by atoms with Crippen LogP contribution in [0.25, 0.3) is 0 Å². The normalized spacial score (nSPS) is 13.8. The van der Waals surface area contributed by atoms with E-state index in [1.165, 1.54) is 12.7 Å². The first kappa shape index (κ1) is 20.4. The highest BCUT2D eigenvalue weighted by Gasteiger charge is 2.27. The second kappa shape index (κ2) is 9.23. The van der Waals surface area contributed by atoms with Crippen molar-refractivity contribution >= 4 is 17.8 Å². The third kappa shape index (κ3) is 5.13. The first-order chi connectivity index (χ1) is 14.0. The molecule has 1 N–H and O–H groups in total. The second-order valence-electron chi connectivity index (χ2n) is 6.82. The first-order valence-electron chi connectivity index (χ1n) is 9.45. The van der Waals surface area contributed by atoms with Gasteiger partial charge in [0.2, 0.25) is 0 Å². The Labute approximate surface area is 169 Å². The number of fused-ring (bicyclic) bond motifs is 1. The van der Waals surface area contributed by atoms with Crippen LogP contribution in [0.5, 0.6) is 5.75 Å². The van der Waals surface area contributed by atoms with Gasteiger partial charge in [0.15, 0.2) is 6.10 Å². The van der Waals surface area contributed by atoms with Crippen molar-refractivity contribution in [1.29, 1.82) is 0 Å². The number of hydrogen-bond donors (Lipinski definition) is 1. The van der Waals surface area contributed by atoms with Crippen LogP contribution in [0.1, 0.15) is 28.4 Å². The molecule has 1 heterocycles. The molecule has 0 fully saturated rings. The van der Waals surface area contributed by atoms with Crippen LogP contribution < -0.4 is 10.1 Å². The molecule has 0 radical (unpaired) electrons. The number of carbonyl (C=O) groups excluding carboxylic acids is 3. The molecule has 0 aromatic heterocycles. The summed E-state index contributed by atoms with van der Waals surface area (Å²) in [5.41, 5.74) is 2.74. The van der Waals surface area contributed by atoms with Crippen LogP contribution in [0.3, 0.4) is 0 Å². The Hall–Kier alpha value is -3.35. The number of nitrogens with one attached hydrogen (secondary N) is 1. The fourth-order valence-electron chi connectivity index (χ4n) is 3.23. The van der Waals surface area contributed by atoms with Gasteiger partial charge in [-0.2, -0.15) is 0 Å². The SMILES string of the molecule is COc1ccc(C(=O)NCC(=O)O[C@@H](C)C(=O)N2CCc3ccccc3C2)cc1. The lowest BCUT2D eigenvalue weighted by Crippen LogP contribution is -2.43. The van der Waals surface area contributed by atoms with E-state index in [1.54, 1.807) is 36.1 Å². The lowest BCUT2D eigenvalue weighted by atomic mass is 9.99. The number of benzene rings is 2. The van der Waals surface area contributed by atoms with Gasteiger partial charge in [-0.1, -0.05) is 24.3 Å². The summed E-state index contributed by atoms with van der Waals surface area (Å²) >= 11 is 0. The van der Waals surface area contributed by atoms with E-state index < -0.39 is 18.0 Å². The number of hydrogen-bond acceptors (Lipinski definition) is 5.